The third kappa shape index (κ3) is 2.89. The highest BCUT2D eigenvalue weighted by Gasteiger charge is 2.52. The summed E-state index contributed by atoms with van der Waals surface area (Å²) in [5.74, 6) is 0.742. The molecular weight excluding hydrogens is 258 g/mol. The van der Waals surface area contributed by atoms with Crippen molar-refractivity contribution in [1.82, 2.24) is 9.80 Å². The van der Waals surface area contributed by atoms with Crippen LogP contribution in [0.2, 0.25) is 0 Å². The number of piperidine rings is 1. The maximum Gasteiger partial charge on any atom is 0.0501 e. The van der Waals surface area contributed by atoms with E-state index in [1.807, 2.05) is 0 Å². The Hall–Kier alpha value is -0.120. The van der Waals surface area contributed by atoms with E-state index in [1.54, 1.807) is 0 Å². The molecule has 3 nitrogen and oxygen atoms in total. The van der Waals surface area contributed by atoms with Gasteiger partial charge in [-0.25, -0.2) is 0 Å². The molecule has 0 aromatic rings. The first kappa shape index (κ1) is 15.8. The first-order chi connectivity index (χ1) is 10.2. The molecule has 0 aromatic carbocycles. The molecule has 2 atom stereocenters. The topological polar surface area (TPSA) is 32.5 Å². The molecular formula is C18H35N3. The largest absolute Gasteiger partial charge is 0.329 e. The minimum atomic E-state index is 0.277. The van der Waals surface area contributed by atoms with Crippen molar-refractivity contribution < 1.29 is 0 Å². The lowest BCUT2D eigenvalue weighted by Crippen LogP contribution is -2.64. The van der Waals surface area contributed by atoms with Crippen LogP contribution in [-0.2, 0) is 0 Å². The summed E-state index contributed by atoms with van der Waals surface area (Å²) in [5, 5.41) is 0. The highest BCUT2D eigenvalue weighted by Crippen LogP contribution is 2.42. The summed E-state index contributed by atoms with van der Waals surface area (Å²) in [7, 11) is 0. The van der Waals surface area contributed by atoms with Gasteiger partial charge in [0.25, 0.3) is 0 Å². The van der Waals surface area contributed by atoms with E-state index in [2.05, 4.69) is 23.6 Å². The zero-order valence-corrected chi connectivity index (χ0v) is 14.2. The number of nitrogens with zero attached hydrogens (tertiary/aromatic N) is 2. The van der Waals surface area contributed by atoms with Crippen LogP contribution in [0.5, 0.6) is 0 Å². The molecule has 0 aromatic heterocycles. The van der Waals surface area contributed by atoms with Crippen LogP contribution < -0.4 is 5.73 Å². The second-order valence-electron chi connectivity index (χ2n) is 8.09. The Morgan fingerprint density at radius 2 is 1.81 bits per heavy atom. The lowest BCUT2D eigenvalue weighted by Gasteiger charge is -2.50. The van der Waals surface area contributed by atoms with Crippen LogP contribution in [0.4, 0.5) is 0 Å². The van der Waals surface area contributed by atoms with Gasteiger partial charge in [-0.1, -0.05) is 33.1 Å². The molecule has 3 heteroatoms. The molecule has 122 valence electrons. The molecule has 0 radical (unpaired) electrons. The van der Waals surface area contributed by atoms with E-state index in [-0.39, 0.29) is 5.54 Å². The first-order valence-corrected chi connectivity index (χ1v) is 9.38. The smallest absolute Gasteiger partial charge is 0.0501 e. The summed E-state index contributed by atoms with van der Waals surface area (Å²) < 4.78 is 0. The number of nitrogens with two attached hydrogens (primary N) is 1. The molecule has 1 aliphatic carbocycles. The van der Waals surface area contributed by atoms with E-state index >= 15 is 0 Å². The van der Waals surface area contributed by atoms with Crippen LogP contribution >= 0.6 is 0 Å². The average Bonchev–Trinajstić information content (AvgIpc) is 3.13. The summed E-state index contributed by atoms with van der Waals surface area (Å²) in [6, 6.07) is 1.54. The van der Waals surface area contributed by atoms with Gasteiger partial charge < -0.3 is 5.73 Å². The van der Waals surface area contributed by atoms with Crippen molar-refractivity contribution in [2.45, 2.75) is 82.8 Å². The Morgan fingerprint density at radius 3 is 2.48 bits per heavy atom. The SMILES string of the molecule is CC(C)CN(C1CCCC1)C1(CN)CCN2CCCCC21. The Kier molecular flexibility index (Phi) is 4.92. The van der Waals surface area contributed by atoms with E-state index in [0.29, 0.717) is 0 Å². The van der Waals surface area contributed by atoms with Crippen molar-refractivity contribution >= 4 is 0 Å². The molecule has 2 heterocycles. The van der Waals surface area contributed by atoms with Crippen LogP contribution in [0.25, 0.3) is 0 Å². The molecule has 1 saturated carbocycles. The maximum atomic E-state index is 6.45. The van der Waals surface area contributed by atoms with Crippen LogP contribution in [0, 0.1) is 5.92 Å². The molecule has 2 unspecified atom stereocenters. The zero-order valence-electron chi connectivity index (χ0n) is 14.2. The van der Waals surface area contributed by atoms with Gasteiger partial charge >= 0.3 is 0 Å². The predicted octanol–water partition coefficient (Wildman–Crippen LogP) is 2.84. The van der Waals surface area contributed by atoms with E-state index in [9.17, 15) is 0 Å². The molecule has 2 N–H and O–H groups in total. The monoisotopic (exact) mass is 293 g/mol. The van der Waals surface area contributed by atoms with Crippen molar-refractivity contribution in [2.24, 2.45) is 11.7 Å². The van der Waals surface area contributed by atoms with E-state index < -0.39 is 0 Å². The van der Waals surface area contributed by atoms with Gasteiger partial charge in [-0.3, -0.25) is 9.80 Å². The lowest BCUT2D eigenvalue weighted by molar-refractivity contribution is -0.000408. The minimum Gasteiger partial charge on any atom is -0.329 e. The summed E-state index contributed by atoms with van der Waals surface area (Å²) >= 11 is 0. The van der Waals surface area contributed by atoms with Crippen molar-refractivity contribution in [1.29, 1.82) is 0 Å². The Balaban J connectivity index is 1.86. The van der Waals surface area contributed by atoms with Crippen molar-refractivity contribution in [2.75, 3.05) is 26.2 Å². The van der Waals surface area contributed by atoms with Crippen molar-refractivity contribution in [3.05, 3.63) is 0 Å². The van der Waals surface area contributed by atoms with Gasteiger partial charge in [0.1, 0.15) is 0 Å². The highest BCUT2D eigenvalue weighted by molar-refractivity contribution is 5.10. The average molecular weight is 293 g/mol. The third-order valence-electron chi connectivity index (χ3n) is 6.32. The Morgan fingerprint density at radius 1 is 1.10 bits per heavy atom. The summed E-state index contributed by atoms with van der Waals surface area (Å²) in [6.45, 7) is 9.44. The molecule has 3 rings (SSSR count). The van der Waals surface area contributed by atoms with Crippen molar-refractivity contribution in [3.63, 3.8) is 0 Å². The number of fused-ring (bicyclic) bond motifs is 1. The Labute approximate surface area is 131 Å². The van der Waals surface area contributed by atoms with Gasteiger partial charge in [0.05, 0.1) is 5.54 Å². The molecule has 0 amide bonds. The summed E-state index contributed by atoms with van der Waals surface area (Å²) in [5.41, 5.74) is 6.73. The summed E-state index contributed by atoms with van der Waals surface area (Å²) in [6.07, 6.45) is 11.1. The molecule has 2 aliphatic heterocycles. The predicted molar refractivity (Wildman–Crippen MR) is 89.4 cm³/mol. The maximum absolute atomic E-state index is 6.45. The van der Waals surface area contributed by atoms with Crippen LogP contribution in [0.15, 0.2) is 0 Å². The van der Waals surface area contributed by atoms with Crippen molar-refractivity contribution in [3.8, 4) is 0 Å². The molecule has 3 aliphatic rings. The second kappa shape index (κ2) is 6.55. The molecule has 0 bridgehead atoms. The normalized spacial score (nSPS) is 35.0. The molecule has 21 heavy (non-hydrogen) atoms. The van der Waals surface area contributed by atoms with Gasteiger partial charge in [0, 0.05) is 31.7 Å². The minimum absolute atomic E-state index is 0.277. The molecule has 3 fully saturated rings. The number of rotatable bonds is 5. The van der Waals surface area contributed by atoms with Gasteiger partial charge in [-0.15, -0.1) is 0 Å². The van der Waals surface area contributed by atoms with Crippen LogP contribution in [0.1, 0.15) is 65.2 Å². The quantitative estimate of drug-likeness (QED) is 0.846. The summed E-state index contributed by atoms with van der Waals surface area (Å²) in [4.78, 5) is 5.67. The van der Waals surface area contributed by atoms with E-state index in [1.165, 1.54) is 71.0 Å². The van der Waals surface area contributed by atoms with Gasteiger partial charge in [-0.05, 0) is 44.6 Å². The first-order valence-electron chi connectivity index (χ1n) is 9.38. The third-order valence-corrected chi connectivity index (χ3v) is 6.32. The zero-order chi connectivity index (χ0) is 14.9. The van der Waals surface area contributed by atoms with E-state index in [0.717, 1.165) is 24.5 Å². The molecule has 2 saturated heterocycles. The molecule has 0 spiro atoms. The van der Waals surface area contributed by atoms with Gasteiger partial charge in [0.15, 0.2) is 0 Å². The van der Waals surface area contributed by atoms with Crippen LogP contribution in [0.3, 0.4) is 0 Å². The fourth-order valence-corrected chi connectivity index (χ4v) is 5.37. The number of hydrogen-bond acceptors (Lipinski definition) is 3. The highest BCUT2D eigenvalue weighted by atomic mass is 15.3. The fraction of sp³-hybridized carbons (Fsp3) is 1.00. The lowest BCUT2D eigenvalue weighted by atomic mass is 9.82. The van der Waals surface area contributed by atoms with Gasteiger partial charge in [-0.2, -0.15) is 0 Å². The van der Waals surface area contributed by atoms with Crippen LogP contribution in [-0.4, -0.2) is 53.6 Å². The second-order valence-corrected chi connectivity index (χ2v) is 8.09. The van der Waals surface area contributed by atoms with E-state index in [4.69, 9.17) is 5.73 Å². The standard InChI is InChI=1S/C18H35N3/c1-15(2)13-21(16-7-3-4-8-16)18(14-19)10-12-20-11-6-5-9-17(18)20/h15-17H,3-14,19H2,1-2H3. The number of hydrogen-bond donors (Lipinski definition) is 1. The Bertz CT molecular complexity index is 337. The van der Waals surface area contributed by atoms with Gasteiger partial charge in [0.2, 0.25) is 0 Å². The fourth-order valence-electron chi connectivity index (χ4n) is 5.37.